The lowest BCUT2D eigenvalue weighted by molar-refractivity contribution is -0.134. The smallest absolute Gasteiger partial charge is 0.242 e. The van der Waals surface area contributed by atoms with E-state index < -0.39 is 0 Å². The van der Waals surface area contributed by atoms with Crippen molar-refractivity contribution in [1.29, 1.82) is 0 Å². The maximum atomic E-state index is 12.6. The fraction of sp³-hybridized carbons (Fsp3) is 0.333. The van der Waals surface area contributed by atoms with E-state index in [0.29, 0.717) is 11.1 Å². The van der Waals surface area contributed by atoms with Crippen LogP contribution in [0.3, 0.4) is 0 Å². The molecule has 2 amide bonds. The molecule has 4 rings (SSSR count). The third kappa shape index (κ3) is 2.99. The van der Waals surface area contributed by atoms with Crippen LogP contribution in [0.5, 0.6) is 0 Å². The molecule has 0 saturated carbocycles. The monoisotopic (exact) mass is 371 g/mol. The van der Waals surface area contributed by atoms with Crippen molar-refractivity contribution >= 4 is 35.1 Å². The van der Waals surface area contributed by atoms with Crippen LogP contribution in [0.4, 0.5) is 11.6 Å². The Bertz CT molecular complexity index is 888. The fourth-order valence-electron chi connectivity index (χ4n) is 3.83. The molecule has 7 nitrogen and oxygen atoms in total. The van der Waals surface area contributed by atoms with Gasteiger partial charge in [-0.1, -0.05) is 17.7 Å². The second-order valence-electron chi connectivity index (χ2n) is 6.49. The maximum Gasteiger partial charge on any atom is 0.242 e. The Labute approximate surface area is 155 Å². The zero-order chi connectivity index (χ0) is 18.3. The molecule has 8 heteroatoms. The quantitative estimate of drug-likeness (QED) is 0.807. The van der Waals surface area contributed by atoms with Crippen LogP contribution in [0.1, 0.15) is 43.0 Å². The van der Waals surface area contributed by atoms with Crippen molar-refractivity contribution in [2.75, 3.05) is 11.9 Å². The molecule has 2 bridgehead atoms. The lowest BCUT2D eigenvalue weighted by Gasteiger charge is -2.22. The molecule has 134 valence electrons. The van der Waals surface area contributed by atoms with Gasteiger partial charge in [-0.3, -0.25) is 9.59 Å². The first-order chi connectivity index (χ1) is 12.5. The molecule has 1 aromatic heterocycles. The molecule has 0 unspecified atom stereocenters. The molecule has 26 heavy (non-hydrogen) atoms. The Hall–Kier alpha value is -2.67. The number of rotatable bonds is 4. The molecule has 2 aromatic rings. The number of aromatic nitrogens is 2. The second kappa shape index (κ2) is 6.57. The van der Waals surface area contributed by atoms with E-state index >= 15 is 0 Å². The summed E-state index contributed by atoms with van der Waals surface area (Å²) in [4.78, 5) is 33.8. The summed E-state index contributed by atoms with van der Waals surface area (Å²) < 4.78 is 0. The van der Waals surface area contributed by atoms with Crippen molar-refractivity contribution < 1.29 is 9.59 Å². The highest BCUT2D eigenvalue weighted by atomic mass is 35.5. The SMILES string of the molecule is CC(=O)NCC(=O)N1[C@@H]2CC[C@H]1c1ccc(Nc3nccc(Cl)n3)cc12. The van der Waals surface area contributed by atoms with Crippen LogP contribution in [0.2, 0.25) is 5.15 Å². The topological polar surface area (TPSA) is 87.2 Å². The number of benzene rings is 1. The zero-order valence-electron chi connectivity index (χ0n) is 14.2. The average molecular weight is 372 g/mol. The molecule has 3 heterocycles. The van der Waals surface area contributed by atoms with E-state index in [-0.39, 0.29) is 30.4 Å². The lowest BCUT2D eigenvalue weighted by Crippen LogP contribution is -2.37. The number of nitrogens with one attached hydrogen (secondary N) is 2. The molecule has 1 fully saturated rings. The van der Waals surface area contributed by atoms with Gasteiger partial charge >= 0.3 is 0 Å². The van der Waals surface area contributed by atoms with E-state index in [0.717, 1.165) is 24.1 Å². The summed E-state index contributed by atoms with van der Waals surface area (Å²) in [6.07, 6.45) is 3.48. The van der Waals surface area contributed by atoms with Gasteiger partial charge in [0.05, 0.1) is 18.6 Å². The average Bonchev–Trinajstić information content (AvgIpc) is 3.16. The van der Waals surface area contributed by atoms with Crippen molar-refractivity contribution in [3.63, 3.8) is 0 Å². The van der Waals surface area contributed by atoms with Gasteiger partial charge in [0.25, 0.3) is 0 Å². The predicted octanol–water partition coefficient (Wildman–Crippen LogP) is 2.73. The number of carbonyl (C=O) groups excluding carboxylic acids is 2. The van der Waals surface area contributed by atoms with Gasteiger partial charge in [0, 0.05) is 18.8 Å². The minimum Gasteiger partial charge on any atom is -0.347 e. The van der Waals surface area contributed by atoms with E-state index in [1.165, 1.54) is 12.5 Å². The highest BCUT2D eigenvalue weighted by Crippen LogP contribution is 2.53. The standard InChI is InChI=1S/C18H18ClN5O2/c1-10(25)21-9-17(26)24-14-4-5-15(24)13-8-11(2-3-12(13)14)22-18-20-7-6-16(19)23-18/h2-3,6-8,14-15H,4-5,9H2,1H3,(H,21,25)(H,20,22,23)/t14-,15+/m0/s1. The highest BCUT2D eigenvalue weighted by Gasteiger charge is 2.46. The first-order valence-electron chi connectivity index (χ1n) is 8.48. The molecule has 2 N–H and O–H groups in total. The summed E-state index contributed by atoms with van der Waals surface area (Å²) in [6, 6.07) is 7.81. The summed E-state index contributed by atoms with van der Waals surface area (Å²) in [5.41, 5.74) is 3.17. The van der Waals surface area contributed by atoms with Gasteiger partial charge in [-0.15, -0.1) is 0 Å². The second-order valence-corrected chi connectivity index (χ2v) is 6.88. The van der Waals surface area contributed by atoms with Crippen LogP contribution in [0.25, 0.3) is 0 Å². The van der Waals surface area contributed by atoms with Crippen LogP contribution in [-0.4, -0.2) is 33.2 Å². The molecule has 1 aromatic carbocycles. The number of hydrogen-bond donors (Lipinski definition) is 2. The van der Waals surface area contributed by atoms with Gasteiger partial charge in [0.2, 0.25) is 17.8 Å². The number of fused-ring (bicyclic) bond motifs is 5. The number of anilines is 2. The Kier molecular flexibility index (Phi) is 4.24. The maximum absolute atomic E-state index is 12.6. The largest absolute Gasteiger partial charge is 0.347 e. The van der Waals surface area contributed by atoms with Crippen molar-refractivity contribution in [3.05, 3.63) is 46.7 Å². The van der Waals surface area contributed by atoms with Gasteiger partial charge in [-0.05, 0) is 42.2 Å². The summed E-state index contributed by atoms with van der Waals surface area (Å²) in [5, 5.41) is 6.12. The number of hydrogen-bond acceptors (Lipinski definition) is 5. The number of halogens is 1. The minimum atomic E-state index is -0.199. The van der Waals surface area contributed by atoms with Crippen molar-refractivity contribution in [1.82, 2.24) is 20.2 Å². The molecule has 0 aliphatic carbocycles. The van der Waals surface area contributed by atoms with Gasteiger partial charge in [0.15, 0.2) is 0 Å². The predicted molar refractivity (Wildman–Crippen MR) is 97.0 cm³/mol. The number of carbonyl (C=O) groups is 2. The van der Waals surface area contributed by atoms with Gasteiger partial charge in [-0.2, -0.15) is 0 Å². The van der Waals surface area contributed by atoms with Crippen LogP contribution in [0, 0.1) is 0 Å². The Morgan fingerprint density at radius 2 is 2.00 bits per heavy atom. The summed E-state index contributed by atoms with van der Waals surface area (Å²) in [6.45, 7) is 1.45. The molecular formula is C18H18ClN5O2. The number of amides is 2. The van der Waals surface area contributed by atoms with Gasteiger partial charge in [-0.25, -0.2) is 9.97 Å². The van der Waals surface area contributed by atoms with Crippen molar-refractivity contribution in [2.45, 2.75) is 31.8 Å². The lowest BCUT2D eigenvalue weighted by atomic mass is 9.91. The van der Waals surface area contributed by atoms with Gasteiger partial charge in [0.1, 0.15) is 5.15 Å². The fourth-order valence-corrected chi connectivity index (χ4v) is 3.97. The van der Waals surface area contributed by atoms with Crippen molar-refractivity contribution in [2.24, 2.45) is 0 Å². The van der Waals surface area contributed by atoms with Crippen LogP contribution < -0.4 is 10.6 Å². The van der Waals surface area contributed by atoms with Crippen LogP contribution >= 0.6 is 11.6 Å². The highest BCUT2D eigenvalue weighted by molar-refractivity contribution is 6.29. The molecule has 2 atom stereocenters. The van der Waals surface area contributed by atoms with E-state index in [1.807, 2.05) is 23.1 Å². The Morgan fingerprint density at radius 3 is 2.73 bits per heavy atom. The van der Waals surface area contributed by atoms with E-state index in [1.54, 1.807) is 12.3 Å². The first-order valence-corrected chi connectivity index (χ1v) is 8.86. The first kappa shape index (κ1) is 16.8. The van der Waals surface area contributed by atoms with Crippen molar-refractivity contribution in [3.8, 4) is 0 Å². The van der Waals surface area contributed by atoms with Crippen LogP contribution in [0.15, 0.2) is 30.5 Å². The third-order valence-corrected chi connectivity index (χ3v) is 5.05. The van der Waals surface area contributed by atoms with E-state index in [9.17, 15) is 9.59 Å². The molecular weight excluding hydrogens is 354 g/mol. The molecule has 0 spiro atoms. The third-order valence-electron chi connectivity index (χ3n) is 4.84. The van der Waals surface area contributed by atoms with Gasteiger partial charge < -0.3 is 15.5 Å². The summed E-state index contributed by atoms with van der Waals surface area (Å²) >= 11 is 5.90. The Morgan fingerprint density at radius 1 is 1.23 bits per heavy atom. The summed E-state index contributed by atoms with van der Waals surface area (Å²) in [5.74, 6) is 0.186. The van der Waals surface area contributed by atoms with E-state index in [4.69, 9.17) is 11.6 Å². The molecule has 2 aliphatic heterocycles. The summed E-state index contributed by atoms with van der Waals surface area (Å²) in [7, 11) is 0. The van der Waals surface area contributed by atoms with Crippen LogP contribution in [-0.2, 0) is 9.59 Å². The number of nitrogens with zero attached hydrogens (tertiary/aromatic N) is 3. The van der Waals surface area contributed by atoms with E-state index in [2.05, 4.69) is 20.6 Å². The zero-order valence-corrected chi connectivity index (χ0v) is 15.0. The normalized spacial score (nSPS) is 20.0. The molecule has 2 aliphatic rings. The molecule has 1 saturated heterocycles. The minimum absolute atomic E-state index is 0.0395. The molecule has 0 radical (unpaired) electrons. The Balaban J connectivity index is 1.55.